The van der Waals surface area contributed by atoms with Crippen LogP contribution in [0, 0.1) is 10.1 Å². The first kappa shape index (κ1) is 16.1. The van der Waals surface area contributed by atoms with Crippen molar-refractivity contribution < 1.29 is 14.5 Å². The summed E-state index contributed by atoms with van der Waals surface area (Å²) in [6.07, 6.45) is 3.36. The minimum Gasteiger partial charge on any atom is -0.377 e. The number of nitro groups is 1. The van der Waals surface area contributed by atoms with Crippen molar-refractivity contribution in [1.29, 1.82) is 0 Å². The highest BCUT2D eigenvalue weighted by molar-refractivity contribution is 7.17. The van der Waals surface area contributed by atoms with Crippen molar-refractivity contribution in [1.82, 2.24) is 4.98 Å². The zero-order chi connectivity index (χ0) is 17.3. The maximum atomic E-state index is 12.2. The first-order valence-electron chi connectivity index (χ1n) is 7.27. The van der Waals surface area contributed by atoms with Gasteiger partial charge in [0.1, 0.15) is 5.69 Å². The van der Waals surface area contributed by atoms with E-state index in [-0.39, 0.29) is 28.2 Å². The summed E-state index contributed by atoms with van der Waals surface area (Å²) in [4.78, 5) is 38.6. The van der Waals surface area contributed by atoms with Crippen molar-refractivity contribution in [3.05, 3.63) is 45.0 Å². The molecule has 0 saturated heterocycles. The van der Waals surface area contributed by atoms with E-state index in [2.05, 4.69) is 15.6 Å². The van der Waals surface area contributed by atoms with Crippen LogP contribution >= 0.6 is 11.3 Å². The number of nitro benzene ring substituents is 1. The summed E-state index contributed by atoms with van der Waals surface area (Å²) in [6, 6.07) is 4.56. The Morgan fingerprint density at radius 3 is 2.71 bits per heavy atom. The average molecular weight is 346 g/mol. The highest BCUT2D eigenvalue weighted by atomic mass is 32.1. The summed E-state index contributed by atoms with van der Waals surface area (Å²) >= 11 is 1.06. The molecule has 2 N–H and O–H groups in total. The zero-order valence-electron chi connectivity index (χ0n) is 12.7. The van der Waals surface area contributed by atoms with Gasteiger partial charge in [-0.3, -0.25) is 25.0 Å². The Morgan fingerprint density at radius 2 is 2.12 bits per heavy atom. The SMILES string of the molecule is CC(=O)c1cnc(NC(=O)c2ccc(NC3CC3)c([N+](=O)[O-])c2)s1. The summed E-state index contributed by atoms with van der Waals surface area (Å²) < 4.78 is 0. The van der Waals surface area contributed by atoms with Crippen LogP contribution in [-0.4, -0.2) is 27.6 Å². The monoisotopic (exact) mass is 346 g/mol. The van der Waals surface area contributed by atoms with Crippen molar-refractivity contribution in [3.63, 3.8) is 0 Å². The number of anilines is 2. The number of rotatable bonds is 6. The van der Waals surface area contributed by atoms with Gasteiger partial charge in [0.05, 0.1) is 16.0 Å². The molecule has 0 atom stereocenters. The van der Waals surface area contributed by atoms with E-state index in [4.69, 9.17) is 0 Å². The van der Waals surface area contributed by atoms with E-state index in [9.17, 15) is 19.7 Å². The lowest BCUT2D eigenvalue weighted by Crippen LogP contribution is -2.13. The molecule has 1 aliphatic carbocycles. The highest BCUT2D eigenvalue weighted by Gasteiger charge is 2.25. The van der Waals surface area contributed by atoms with Crippen molar-refractivity contribution >= 4 is 39.5 Å². The van der Waals surface area contributed by atoms with E-state index in [1.807, 2.05) is 0 Å². The van der Waals surface area contributed by atoms with Gasteiger partial charge in [0.25, 0.3) is 11.6 Å². The largest absolute Gasteiger partial charge is 0.377 e. The molecule has 8 nitrogen and oxygen atoms in total. The van der Waals surface area contributed by atoms with Gasteiger partial charge in [-0.05, 0) is 25.0 Å². The van der Waals surface area contributed by atoms with Crippen LogP contribution in [0.25, 0.3) is 0 Å². The van der Waals surface area contributed by atoms with Gasteiger partial charge in [-0.25, -0.2) is 4.98 Å². The van der Waals surface area contributed by atoms with Gasteiger partial charge in [-0.15, -0.1) is 0 Å². The molecule has 1 saturated carbocycles. The Morgan fingerprint density at radius 1 is 1.38 bits per heavy atom. The lowest BCUT2D eigenvalue weighted by atomic mass is 10.1. The molecule has 0 bridgehead atoms. The average Bonchev–Trinajstić information content (AvgIpc) is 3.22. The lowest BCUT2D eigenvalue weighted by molar-refractivity contribution is -0.384. The van der Waals surface area contributed by atoms with Crippen molar-refractivity contribution in [3.8, 4) is 0 Å². The molecular formula is C15H14N4O4S. The molecule has 1 fully saturated rings. The maximum absolute atomic E-state index is 12.2. The van der Waals surface area contributed by atoms with Crippen molar-refractivity contribution in [2.75, 3.05) is 10.6 Å². The molecule has 1 heterocycles. The summed E-state index contributed by atoms with van der Waals surface area (Å²) in [7, 11) is 0. The third-order valence-corrected chi connectivity index (χ3v) is 4.48. The number of Topliss-reactive ketones (excluding diaryl/α,β-unsaturated/α-hetero) is 1. The fourth-order valence-electron chi connectivity index (χ4n) is 2.06. The number of carbonyl (C=O) groups excluding carboxylic acids is 2. The van der Waals surface area contributed by atoms with E-state index >= 15 is 0 Å². The topological polar surface area (TPSA) is 114 Å². The molecule has 1 aromatic heterocycles. The van der Waals surface area contributed by atoms with Crippen LogP contribution in [-0.2, 0) is 0 Å². The van der Waals surface area contributed by atoms with Gasteiger partial charge in [0, 0.05) is 24.6 Å². The number of aromatic nitrogens is 1. The number of benzene rings is 1. The van der Waals surface area contributed by atoms with E-state index < -0.39 is 10.8 Å². The van der Waals surface area contributed by atoms with Crippen LogP contribution in [0.1, 0.15) is 39.8 Å². The van der Waals surface area contributed by atoms with Crippen LogP contribution < -0.4 is 10.6 Å². The Kier molecular flexibility index (Phi) is 4.26. The quantitative estimate of drug-likeness (QED) is 0.472. The van der Waals surface area contributed by atoms with Gasteiger partial charge in [0.2, 0.25) is 0 Å². The number of hydrogen-bond donors (Lipinski definition) is 2. The highest BCUT2D eigenvalue weighted by Crippen LogP contribution is 2.31. The summed E-state index contributed by atoms with van der Waals surface area (Å²) in [5.74, 6) is -0.653. The molecule has 1 aliphatic rings. The van der Waals surface area contributed by atoms with Gasteiger partial charge in [-0.1, -0.05) is 11.3 Å². The minimum atomic E-state index is -0.515. The summed E-state index contributed by atoms with van der Waals surface area (Å²) in [6.45, 7) is 1.41. The Labute approximate surface area is 141 Å². The predicted octanol–water partition coefficient (Wildman–Crippen LogP) is 3.08. The minimum absolute atomic E-state index is 0.140. The third kappa shape index (κ3) is 3.57. The smallest absolute Gasteiger partial charge is 0.293 e. The van der Waals surface area contributed by atoms with E-state index in [0.717, 1.165) is 24.2 Å². The van der Waals surface area contributed by atoms with Crippen molar-refractivity contribution in [2.45, 2.75) is 25.8 Å². The molecular weight excluding hydrogens is 332 g/mol. The number of nitrogens with one attached hydrogen (secondary N) is 2. The van der Waals surface area contributed by atoms with Crippen LogP contribution in [0.3, 0.4) is 0 Å². The first-order valence-corrected chi connectivity index (χ1v) is 8.09. The van der Waals surface area contributed by atoms with Crippen LogP contribution in [0.15, 0.2) is 24.4 Å². The summed E-state index contributed by atoms with van der Waals surface area (Å²) in [5.41, 5.74) is 0.424. The molecule has 1 amide bonds. The number of nitrogens with zero attached hydrogens (tertiary/aromatic N) is 2. The second-order valence-electron chi connectivity index (χ2n) is 5.45. The van der Waals surface area contributed by atoms with Gasteiger partial charge in [-0.2, -0.15) is 0 Å². The number of thiazole rings is 1. The number of amides is 1. The van der Waals surface area contributed by atoms with Crippen LogP contribution in [0.2, 0.25) is 0 Å². The van der Waals surface area contributed by atoms with Crippen LogP contribution in [0.4, 0.5) is 16.5 Å². The van der Waals surface area contributed by atoms with E-state index in [1.54, 1.807) is 0 Å². The number of ketones is 1. The fourth-order valence-corrected chi connectivity index (χ4v) is 2.76. The number of carbonyl (C=O) groups is 2. The second kappa shape index (κ2) is 6.36. The molecule has 2 aromatic rings. The molecule has 24 heavy (non-hydrogen) atoms. The van der Waals surface area contributed by atoms with Crippen molar-refractivity contribution in [2.24, 2.45) is 0 Å². The molecule has 9 heteroatoms. The van der Waals surface area contributed by atoms with E-state index in [1.165, 1.54) is 31.3 Å². The summed E-state index contributed by atoms with van der Waals surface area (Å²) in [5, 5.41) is 17.1. The molecule has 0 aliphatic heterocycles. The molecule has 1 aromatic carbocycles. The van der Waals surface area contributed by atoms with Gasteiger partial charge < -0.3 is 5.32 Å². The second-order valence-corrected chi connectivity index (χ2v) is 6.48. The molecule has 0 unspecified atom stereocenters. The Hall–Kier alpha value is -2.81. The standard InChI is InChI=1S/C15H14N4O4S/c1-8(20)13-7-16-15(24-13)18-14(21)9-2-5-11(17-10-3-4-10)12(6-9)19(22)23/h2,5-7,10,17H,3-4H2,1H3,(H,16,18,21). The number of hydrogen-bond acceptors (Lipinski definition) is 7. The Balaban J connectivity index is 1.79. The fraction of sp³-hybridized carbons (Fsp3) is 0.267. The van der Waals surface area contributed by atoms with Crippen LogP contribution in [0.5, 0.6) is 0 Å². The predicted molar refractivity (Wildman–Crippen MR) is 89.8 cm³/mol. The van der Waals surface area contributed by atoms with E-state index in [0.29, 0.717) is 10.6 Å². The molecule has 0 radical (unpaired) electrons. The normalized spacial score (nSPS) is 13.4. The van der Waals surface area contributed by atoms with Gasteiger partial charge >= 0.3 is 0 Å². The van der Waals surface area contributed by atoms with Gasteiger partial charge in [0.15, 0.2) is 10.9 Å². The zero-order valence-corrected chi connectivity index (χ0v) is 13.6. The lowest BCUT2D eigenvalue weighted by Gasteiger charge is -2.07. The molecule has 0 spiro atoms. The third-order valence-electron chi connectivity index (χ3n) is 3.47. The molecule has 124 valence electrons. The maximum Gasteiger partial charge on any atom is 0.293 e. The molecule has 3 rings (SSSR count). The first-order chi connectivity index (χ1) is 11.4. The Bertz CT molecular complexity index is 829.